The normalized spacial score (nSPS) is 12.5. The van der Waals surface area contributed by atoms with Crippen molar-refractivity contribution in [1.29, 1.82) is 0 Å². The van der Waals surface area contributed by atoms with E-state index in [1.54, 1.807) is 18.2 Å². The lowest BCUT2D eigenvalue weighted by Crippen LogP contribution is -2.21. The summed E-state index contributed by atoms with van der Waals surface area (Å²) in [6.07, 6.45) is 1.76. The molecule has 1 atom stereocenters. The van der Waals surface area contributed by atoms with Gasteiger partial charge >= 0.3 is 5.97 Å². The molecule has 0 fully saturated rings. The van der Waals surface area contributed by atoms with E-state index in [2.05, 4.69) is 4.98 Å². The highest BCUT2D eigenvalue weighted by atomic mass is 35.5. The van der Waals surface area contributed by atoms with E-state index in [0.29, 0.717) is 22.4 Å². The summed E-state index contributed by atoms with van der Waals surface area (Å²) in [5.41, 5.74) is 1.47. The third kappa shape index (κ3) is 6.19. The molecule has 4 nitrogen and oxygen atoms in total. The molecule has 0 aliphatic carbocycles. The van der Waals surface area contributed by atoms with Crippen molar-refractivity contribution in [2.24, 2.45) is 11.8 Å². The fourth-order valence-corrected chi connectivity index (χ4v) is 3.09. The van der Waals surface area contributed by atoms with Crippen molar-refractivity contribution < 1.29 is 14.3 Å². The summed E-state index contributed by atoms with van der Waals surface area (Å²) >= 11 is 6.43. The summed E-state index contributed by atoms with van der Waals surface area (Å²) in [6.45, 7) is 3.99. The Balaban J connectivity index is 1.65. The molecule has 2 aromatic carbocycles. The topological polar surface area (TPSA) is 48.4 Å². The van der Waals surface area contributed by atoms with Gasteiger partial charge in [0.2, 0.25) is 5.88 Å². The Morgan fingerprint density at radius 1 is 0.967 bits per heavy atom. The van der Waals surface area contributed by atoms with Gasteiger partial charge in [0.05, 0.1) is 11.6 Å². The van der Waals surface area contributed by atoms with E-state index in [1.165, 1.54) is 0 Å². The zero-order valence-electron chi connectivity index (χ0n) is 17.0. The summed E-state index contributed by atoms with van der Waals surface area (Å²) in [4.78, 5) is 17.1. The number of nitrogens with zero attached hydrogens (tertiary/aromatic N) is 1. The number of carbonyl (C=O) groups excluding carboxylic acids is 1. The van der Waals surface area contributed by atoms with Crippen LogP contribution in [-0.4, -0.2) is 11.0 Å². The van der Waals surface area contributed by atoms with Gasteiger partial charge in [-0.05, 0) is 29.7 Å². The van der Waals surface area contributed by atoms with Crippen LogP contribution in [0.1, 0.15) is 25.1 Å². The molecule has 1 heterocycles. The van der Waals surface area contributed by atoms with Crippen LogP contribution in [0.5, 0.6) is 11.6 Å². The maximum Gasteiger partial charge on any atom is 0.313 e. The zero-order valence-corrected chi connectivity index (χ0v) is 17.8. The summed E-state index contributed by atoms with van der Waals surface area (Å²) in [6, 6.07) is 24.3. The Bertz CT molecular complexity index is 988. The Hall–Kier alpha value is -3.11. The summed E-state index contributed by atoms with van der Waals surface area (Å²) in [5.74, 6) is 0.384. The van der Waals surface area contributed by atoms with E-state index >= 15 is 0 Å². The predicted octanol–water partition coefficient (Wildman–Crippen LogP) is 6.47. The number of esters is 1. The largest absolute Gasteiger partial charge is 0.459 e. The molecule has 0 radical (unpaired) electrons. The number of aromatic nitrogens is 1. The molecule has 3 aromatic rings. The average molecular weight is 422 g/mol. The first-order chi connectivity index (χ1) is 14.5. The van der Waals surface area contributed by atoms with Gasteiger partial charge in [-0.15, -0.1) is 0 Å². The van der Waals surface area contributed by atoms with E-state index < -0.39 is 5.92 Å². The Labute approximate surface area is 182 Å². The average Bonchev–Trinajstić information content (AvgIpc) is 2.77. The van der Waals surface area contributed by atoms with Crippen LogP contribution >= 0.6 is 11.6 Å². The van der Waals surface area contributed by atoms with Gasteiger partial charge in [0.1, 0.15) is 12.4 Å². The van der Waals surface area contributed by atoms with Crippen molar-refractivity contribution in [2.75, 3.05) is 0 Å². The standard InChI is InChI=1S/C25H24ClNO3/c1-18(2)22(16-23(26)19-10-5-3-6-11-19)25(28)29-17-20-12-9-15-24(27-20)30-21-13-7-4-8-14-21/h3-16,18,22H,17H2,1-2H3. The van der Waals surface area contributed by atoms with E-state index in [4.69, 9.17) is 21.1 Å². The van der Waals surface area contributed by atoms with Gasteiger partial charge in [0.15, 0.2) is 0 Å². The first kappa shape index (κ1) is 21.6. The summed E-state index contributed by atoms with van der Waals surface area (Å²) in [7, 11) is 0. The van der Waals surface area contributed by atoms with Crippen molar-refractivity contribution in [3.05, 3.63) is 96.2 Å². The SMILES string of the molecule is CC(C)C(C=C(Cl)c1ccccc1)C(=O)OCc1cccc(Oc2ccccc2)n1. The van der Waals surface area contributed by atoms with Gasteiger partial charge in [-0.25, -0.2) is 4.98 Å². The lowest BCUT2D eigenvalue weighted by atomic mass is 9.94. The number of carbonyl (C=O) groups is 1. The van der Waals surface area contributed by atoms with Crippen molar-refractivity contribution >= 4 is 22.6 Å². The number of hydrogen-bond donors (Lipinski definition) is 0. The fourth-order valence-electron chi connectivity index (χ4n) is 2.83. The molecular weight excluding hydrogens is 398 g/mol. The van der Waals surface area contributed by atoms with Crippen molar-refractivity contribution in [1.82, 2.24) is 4.98 Å². The molecule has 0 spiro atoms. The highest BCUT2D eigenvalue weighted by molar-refractivity contribution is 6.48. The first-order valence-electron chi connectivity index (χ1n) is 9.81. The van der Waals surface area contributed by atoms with Crippen LogP contribution in [0.15, 0.2) is 84.9 Å². The van der Waals surface area contributed by atoms with Crippen LogP contribution in [0.4, 0.5) is 0 Å². The van der Waals surface area contributed by atoms with Crippen molar-refractivity contribution in [2.45, 2.75) is 20.5 Å². The van der Waals surface area contributed by atoms with Crippen LogP contribution < -0.4 is 4.74 Å². The quantitative estimate of drug-likeness (QED) is 0.391. The third-order valence-corrected chi connectivity index (χ3v) is 4.82. The molecule has 0 aliphatic rings. The molecule has 1 unspecified atom stereocenters. The van der Waals surface area contributed by atoms with E-state index in [0.717, 1.165) is 5.56 Å². The third-order valence-electron chi connectivity index (χ3n) is 4.47. The minimum Gasteiger partial charge on any atom is -0.459 e. The van der Waals surface area contributed by atoms with E-state index in [9.17, 15) is 4.79 Å². The summed E-state index contributed by atoms with van der Waals surface area (Å²) in [5, 5.41) is 0.530. The molecule has 0 saturated heterocycles. The lowest BCUT2D eigenvalue weighted by Gasteiger charge is -2.17. The highest BCUT2D eigenvalue weighted by Gasteiger charge is 2.22. The molecule has 3 rings (SSSR count). The second kappa shape index (κ2) is 10.6. The van der Waals surface area contributed by atoms with Gasteiger partial charge in [0.25, 0.3) is 0 Å². The number of pyridine rings is 1. The smallest absolute Gasteiger partial charge is 0.313 e. The number of rotatable bonds is 8. The monoisotopic (exact) mass is 421 g/mol. The predicted molar refractivity (Wildman–Crippen MR) is 119 cm³/mol. The zero-order chi connectivity index (χ0) is 21.3. The van der Waals surface area contributed by atoms with Gasteiger partial charge < -0.3 is 9.47 Å². The molecule has 0 saturated carbocycles. The molecule has 0 N–H and O–H groups in total. The maximum atomic E-state index is 12.7. The highest BCUT2D eigenvalue weighted by Crippen LogP contribution is 2.25. The molecule has 154 valence electrons. The molecule has 1 aromatic heterocycles. The number of para-hydroxylation sites is 1. The van der Waals surface area contributed by atoms with Crippen molar-refractivity contribution in [3.63, 3.8) is 0 Å². The second-order valence-corrected chi connectivity index (χ2v) is 7.55. The van der Waals surface area contributed by atoms with Crippen LogP contribution in [0, 0.1) is 11.8 Å². The van der Waals surface area contributed by atoms with E-state index in [1.807, 2.05) is 80.6 Å². The van der Waals surface area contributed by atoms with Crippen LogP contribution in [-0.2, 0) is 16.1 Å². The Morgan fingerprint density at radius 3 is 2.30 bits per heavy atom. The Kier molecular flexibility index (Phi) is 7.63. The number of hydrogen-bond acceptors (Lipinski definition) is 4. The lowest BCUT2D eigenvalue weighted by molar-refractivity contribution is -0.149. The van der Waals surface area contributed by atoms with Gasteiger partial charge in [-0.3, -0.25) is 4.79 Å². The van der Waals surface area contributed by atoms with Crippen LogP contribution in [0.25, 0.3) is 5.03 Å². The molecule has 0 bridgehead atoms. The fraction of sp³-hybridized carbons (Fsp3) is 0.200. The number of ether oxygens (including phenoxy) is 2. The summed E-state index contributed by atoms with van der Waals surface area (Å²) < 4.78 is 11.3. The Morgan fingerprint density at radius 2 is 1.63 bits per heavy atom. The van der Waals surface area contributed by atoms with Crippen LogP contribution in [0.3, 0.4) is 0 Å². The van der Waals surface area contributed by atoms with E-state index in [-0.39, 0.29) is 18.5 Å². The van der Waals surface area contributed by atoms with Crippen molar-refractivity contribution in [3.8, 4) is 11.6 Å². The molecule has 0 amide bonds. The van der Waals surface area contributed by atoms with Gasteiger partial charge in [-0.2, -0.15) is 0 Å². The molecule has 5 heteroatoms. The molecule has 30 heavy (non-hydrogen) atoms. The first-order valence-corrected chi connectivity index (χ1v) is 10.2. The minimum absolute atomic E-state index is 0.0377. The number of halogens is 1. The maximum absolute atomic E-state index is 12.7. The second-order valence-electron chi connectivity index (χ2n) is 7.14. The molecule has 0 aliphatic heterocycles. The van der Waals surface area contributed by atoms with Gasteiger partial charge in [-0.1, -0.05) is 86.1 Å². The van der Waals surface area contributed by atoms with Crippen LogP contribution in [0.2, 0.25) is 0 Å². The van der Waals surface area contributed by atoms with Gasteiger partial charge in [0, 0.05) is 11.1 Å². The minimum atomic E-state index is -0.457. The molecular formula is C25H24ClNO3. The number of benzene rings is 2.